The number of nitrogens with two attached hydrogens (primary N) is 1. The molecular formula is C15H17FN2. The Labute approximate surface area is 107 Å². The summed E-state index contributed by atoms with van der Waals surface area (Å²) < 4.78 is 13.8. The summed E-state index contributed by atoms with van der Waals surface area (Å²) in [5, 5.41) is 0. The molecule has 3 heteroatoms. The van der Waals surface area contributed by atoms with Crippen LogP contribution in [0.3, 0.4) is 0 Å². The van der Waals surface area contributed by atoms with Crippen molar-refractivity contribution in [1.29, 1.82) is 0 Å². The second-order valence-corrected chi connectivity index (χ2v) is 4.20. The van der Waals surface area contributed by atoms with Crippen LogP contribution < -0.4 is 10.6 Å². The van der Waals surface area contributed by atoms with Crippen molar-refractivity contribution < 1.29 is 4.39 Å². The van der Waals surface area contributed by atoms with Gasteiger partial charge in [0.15, 0.2) is 0 Å². The number of anilines is 2. The Kier molecular flexibility index (Phi) is 3.82. The summed E-state index contributed by atoms with van der Waals surface area (Å²) in [4.78, 5) is 2.12. The lowest BCUT2D eigenvalue weighted by atomic mass is 10.1. The second kappa shape index (κ2) is 5.54. The molecule has 0 radical (unpaired) electrons. The molecule has 94 valence electrons. The van der Waals surface area contributed by atoms with E-state index in [1.165, 1.54) is 6.07 Å². The first-order chi connectivity index (χ1) is 8.70. The molecule has 0 saturated carbocycles. The van der Waals surface area contributed by atoms with Gasteiger partial charge in [-0.15, -0.1) is 0 Å². The van der Waals surface area contributed by atoms with Crippen molar-refractivity contribution in [2.75, 3.05) is 17.2 Å². The molecule has 0 bridgehead atoms. The van der Waals surface area contributed by atoms with E-state index in [2.05, 4.69) is 11.8 Å². The molecule has 0 aromatic heterocycles. The molecule has 0 atom stereocenters. The Morgan fingerprint density at radius 2 is 1.83 bits per heavy atom. The number of halogens is 1. The Balaban J connectivity index is 2.21. The quantitative estimate of drug-likeness (QED) is 0.835. The number of hydrogen-bond donors (Lipinski definition) is 1. The molecule has 0 spiro atoms. The van der Waals surface area contributed by atoms with E-state index in [-0.39, 0.29) is 5.82 Å². The van der Waals surface area contributed by atoms with E-state index < -0.39 is 0 Å². The largest absolute Gasteiger partial charge is 0.399 e. The summed E-state index contributed by atoms with van der Waals surface area (Å²) in [7, 11) is 0. The third-order valence-electron chi connectivity index (χ3n) is 2.94. The molecule has 0 aliphatic carbocycles. The molecule has 2 nitrogen and oxygen atoms in total. The molecule has 0 unspecified atom stereocenters. The van der Waals surface area contributed by atoms with Crippen molar-refractivity contribution in [2.45, 2.75) is 13.5 Å². The Bertz CT molecular complexity index is 511. The Hall–Kier alpha value is -2.03. The summed E-state index contributed by atoms with van der Waals surface area (Å²) >= 11 is 0. The maximum absolute atomic E-state index is 13.8. The normalized spacial score (nSPS) is 10.3. The molecule has 0 saturated heterocycles. The van der Waals surface area contributed by atoms with Crippen LogP contribution in [0.25, 0.3) is 0 Å². The second-order valence-electron chi connectivity index (χ2n) is 4.20. The molecule has 0 amide bonds. The number of nitrogens with zero attached hydrogens (tertiary/aromatic N) is 1. The standard InChI is InChI=1S/C15H17FN2/c1-2-18(14-6-4-3-5-7-14)11-12-8-9-13(17)10-15(12)16/h3-10H,2,11,17H2,1H3. The van der Waals surface area contributed by atoms with Crippen LogP contribution >= 0.6 is 0 Å². The average molecular weight is 244 g/mol. The predicted molar refractivity (Wildman–Crippen MR) is 74.0 cm³/mol. The van der Waals surface area contributed by atoms with Gasteiger partial charge >= 0.3 is 0 Å². The molecular weight excluding hydrogens is 227 g/mol. The lowest BCUT2D eigenvalue weighted by Crippen LogP contribution is -2.22. The third kappa shape index (κ3) is 2.80. The molecule has 0 fully saturated rings. The zero-order valence-electron chi connectivity index (χ0n) is 10.4. The number of rotatable bonds is 4. The molecule has 2 aromatic carbocycles. The number of para-hydroxylation sites is 1. The number of nitrogen functional groups attached to an aromatic ring is 1. The zero-order chi connectivity index (χ0) is 13.0. The van der Waals surface area contributed by atoms with E-state index in [0.717, 1.165) is 12.2 Å². The molecule has 0 heterocycles. The summed E-state index contributed by atoms with van der Waals surface area (Å²) in [5.41, 5.74) is 7.76. The van der Waals surface area contributed by atoms with Crippen LogP contribution in [-0.2, 0) is 6.54 Å². The fourth-order valence-corrected chi connectivity index (χ4v) is 1.92. The van der Waals surface area contributed by atoms with Gasteiger partial charge in [-0.05, 0) is 31.2 Å². The van der Waals surface area contributed by atoms with Crippen LogP contribution in [-0.4, -0.2) is 6.54 Å². The van der Waals surface area contributed by atoms with Gasteiger partial charge in [-0.1, -0.05) is 24.3 Å². The third-order valence-corrected chi connectivity index (χ3v) is 2.94. The summed E-state index contributed by atoms with van der Waals surface area (Å²) in [5.74, 6) is -0.246. The van der Waals surface area contributed by atoms with Crippen LogP contribution in [0.5, 0.6) is 0 Å². The summed E-state index contributed by atoms with van der Waals surface area (Å²) in [6.45, 7) is 3.43. The van der Waals surface area contributed by atoms with Crippen LogP contribution in [0.2, 0.25) is 0 Å². The van der Waals surface area contributed by atoms with Gasteiger partial charge in [-0.3, -0.25) is 0 Å². The van der Waals surface area contributed by atoms with Crippen molar-refractivity contribution in [2.24, 2.45) is 0 Å². The van der Waals surface area contributed by atoms with Crippen molar-refractivity contribution in [3.63, 3.8) is 0 Å². The molecule has 2 aromatic rings. The van der Waals surface area contributed by atoms with Gasteiger partial charge in [0.05, 0.1) is 0 Å². The van der Waals surface area contributed by atoms with Gasteiger partial charge in [-0.25, -0.2) is 4.39 Å². The minimum Gasteiger partial charge on any atom is -0.399 e. The van der Waals surface area contributed by atoms with E-state index in [9.17, 15) is 4.39 Å². The van der Waals surface area contributed by atoms with Crippen molar-refractivity contribution in [1.82, 2.24) is 0 Å². The van der Waals surface area contributed by atoms with Gasteiger partial charge < -0.3 is 10.6 Å². The summed E-state index contributed by atoms with van der Waals surface area (Å²) in [6, 6.07) is 14.8. The van der Waals surface area contributed by atoms with Gasteiger partial charge in [0, 0.05) is 30.0 Å². The first-order valence-electron chi connectivity index (χ1n) is 6.04. The SMILES string of the molecule is CCN(Cc1ccc(N)cc1F)c1ccccc1. The van der Waals surface area contributed by atoms with E-state index in [4.69, 9.17) is 5.73 Å². The first kappa shape index (κ1) is 12.4. The van der Waals surface area contributed by atoms with Crippen LogP contribution in [0.15, 0.2) is 48.5 Å². The summed E-state index contributed by atoms with van der Waals surface area (Å²) in [6.07, 6.45) is 0. The van der Waals surface area contributed by atoms with E-state index in [1.54, 1.807) is 12.1 Å². The molecule has 18 heavy (non-hydrogen) atoms. The van der Waals surface area contributed by atoms with Gasteiger partial charge in [-0.2, -0.15) is 0 Å². The maximum atomic E-state index is 13.8. The molecule has 0 aliphatic heterocycles. The fourth-order valence-electron chi connectivity index (χ4n) is 1.92. The van der Waals surface area contributed by atoms with Gasteiger partial charge in [0.1, 0.15) is 5.82 Å². The van der Waals surface area contributed by atoms with Crippen LogP contribution in [0.1, 0.15) is 12.5 Å². The topological polar surface area (TPSA) is 29.3 Å². The van der Waals surface area contributed by atoms with Crippen molar-refractivity contribution >= 4 is 11.4 Å². The lowest BCUT2D eigenvalue weighted by molar-refractivity contribution is 0.606. The number of benzene rings is 2. The Morgan fingerprint density at radius 1 is 1.11 bits per heavy atom. The Morgan fingerprint density at radius 3 is 2.44 bits per heavy atom. The highest BCUT2D eigenvalue weighted by molar-refractivity contribution is 5.47. The lowest BCUT2D eigenvalue weighted by Gasteiger charge is -2.23. The smallest absolute Gasteiger partial charge is 0.130 e. The van der Waals surface area contributed by atoms with Gasteiger partial charge in [0.2, 0.25) is 0 Å². The molecule has 2 rings (SSSR count). The minimum absolute atomic E-state index is 0.246. The van der Waals surface area contributed by atoms with E-state index in [1.807, 2.05) is 30.3 Å². The van der Waals surface area contributed by atoms with Crippen molar-refractivity contribution in [3.8, 4) is 0 Å². The first-order valence-corrected chi connectivity index (χ1v) is 6.04. The molecule has 0 aliphatic rings. The van der Waals surface area contributed by atoms with Crippen LogP contribution in [0.4, 0.5) is 15.8 Å². The fraction of sp³-hybridized carbons (Fsp3) is 0.200. The predicted octanol–water partition coefficient (Wildman–Crippen LogP) is 3.43. The van der Waals surface area contributed by atoms with Gasteiger partial charge in [0.25, 0.3) is 0 Å². The average Bonchev–Trinajstić information content (AvgIpc) is 2.39. The zero-order valence-corrected chi connectivity index (χ0v) is 10.4. The highest BCUT2D eigenvalue weighted by Gasteiger charge is 2.08. The van der Waals surface area contributed by atoms with Crippen molar-refractivity contribution in [3.05, 3.63) is 59.9 Å². The number of hydrogen-bond acceptors (Lipinski definition) is 2. The highest BCUT2D eigenvalue weighted by atomic mass is 19.1. The highest BCUT2D eigenvalue weighted by Crippen LogP contribution is 2.19. The minimum atomic E-state index is -0.246. The maximum Gasteiger partial charge on any atom is 0.130 e. The molecule has 2 N–H and O–H groups in total. The monoisotopic (exact) mass is 244 g/mol. The van der Waals surface area contributed by atoms with E-state index >= 15 is 0 Å². The van der Waals surface area contributed by atoms with Crippen LogP contribution in [0, 0.1) is 5.82 Å². The van der Waals surface area contributed by atoms with E-state index in [0.29, 0.717) is 17.8 Å².